The van der Waals surface area contributed by atoms with E-state index in [9.17, 15) is 8.78 Å². The third-order valence-electron chi connectivity index (χ3n) is 3.87. The summed E-state index contributed by atoms with van der Waals surface area (Å²) in [5, 5.41) is 3.48. The molecule has 2 aromatic rings. The molecule has 1 atom stereocenters. The predicted molar refractivity (Wildman–Crippen MR) is 78.8 cm³/mol. The maximum Gasteiger partial charge on any atom is 0.130 e. The fourth-order valence-corrected chi connectivity index (χ4v) is 2.75. The highest BCUT2D eigenvalue weighted by atomic mass is 19.1. The van der Waals surface area contributed by atoms with E-state index < -0.39 is 11.6 Å². The van der Waals surface area contributed by atoms with Crippen LogP contribution in [0.15, 0.2) is 48.5 Å². The molecule has 21 heavy (non-hydrogen) atoms. The van der Waals surface area contributed by atoms with Crippen molar-refractivity contribution in [2.45, 2.75) is 12.6 Å². The van der Waals surface area contributed by atoms with E-state index in [4.69, 9.17) is 0 Å². The molecule has 0 aromatic heterocycles. The van der Waals surface area contributed by atoms with Gasteiger partial charge in [0, 0.05) is 43.9 Å². The van der Waals surface area contributed by atoms with Crippen molar-refractivity contribution in [1.29, 1.82) is 0 Å². The molecule has 0 aliphatic carbocycles. The summed E-state index contributed by atoms with van der Waals surface area (Å²) in [4.78, 5) is 2.20. The summed E-state index contributed by atoms with van der Waals surface area (Å²) in [6, 6.07) is 14.3. The number of hydrogen-bond donors (Lipinski definition) is 1. The number of nitrogens with one attached hydrogen (secondary N) is 1. The van der Waals surface area contributed by atoms with Crippen molar-refractivity contribution in [2.24, 2.45) is 0 Å². The van der Waals surface area contributed by atoms with Crippen LogP contribution in [0.1, 0.15) is 17.2 Å². The van der Waals surface area contributed by atoms with Gasteiger partial charge >= 0.3 is 0 Å². The molecule has 0 spiro atoms. The lowest BCUT2D eigenvalue weighted by molar-refractivity contribution is 0.191. The summed E-state index contributed by atoms with van der Waals surface area (Å²) in [5.41, 5.74) is 1.78. The van der Waals surface area contributed by atoms with Crippen LogP contribution < -0.4 is 5.32 Å². The first kappa shape index (κ1) is 14.2. The Morgan fingerprint density at radius 2 is 1.90 bits per heavy atom. The van der Waals surface area contributed by atoms with Gasteiger partial charge in [-0.05, 0) is 11.6 Å². The van der Waals surface area contributed by atoms with Crippen LogP contribution >= 0.6 is 0 Å². The van der Waals surface area contributed by atoms with Crippen molar-refractivity contribution in [2.75, 3.05) is 19.6 Å². The summed E-state index contributed by atoms with van der Waals surface area (Å²) in [6.07, 6.45) is 0. The number of hydrogen-bond acceptors (Lipinski definition) is 2. The molecule has 110 valence electrons. The molecule has 3 rings (SSSR count). The molecular weight excluding hydrogens is 270 g/mol. The number of piperazine rings is 1. The Labute approximate surface area is 123 Å². The van der Waals surface area contributed by atoms with Crippen LogP contribution in [0.5, 0.6) is 0 Å². The third-order valence-corrected chi connectivity index (χ3v) is 3.87. The first-order chi connectivity index (χ1) is 10.2. The van der Waals surface area contributed by atoms with Crippen molar-refractivity contribution in [3.05, 3.63) is 71.3 Å². The molecule has 1 saturated heterocycles. The number of nitrogens with zero attached hydrogens (tertiary/aromatic N) is 1. The monoisotopic (exact) mass is 288 g/mol. The predicted octanol–water partition coefficient (Wildman–Crippen LogP) is 3.11. The van der Waals surface area contributed by atoms with Gasteiger partial charge in [0.1, 0.15) is 11.6 Å². The molecule has 0 radical (unpaired) electrons. The Kier molecular flexibility index (Phi) is 4.27. The first-order valence-electron chi connectivity index (χ1n) is 7.17. The molecular formula is C17H18F2N2. The summed E-state index contributed by atoms with van der Waals surface area (Å²) in [5.74, 6) is -0.997. The molecule has 1 unspecified atom stereocenters. The number of rotatable bonds is 3. The molecule has 1 fully saturated rings. The zero-order valence-electron chi connectivity index (χ0n) is 11.7. The van der Waals surface area contributed by atoms with Crippen molar-refractivity contribution >= 4 is 0 Å². The second-order valence-corrected chi connectivity index (χ2v) is 5.39. The minimum Gasteiger partial charge on any atom is -0.308 e. The normalized spacial score (nSPS) is 19.6. The topological polar surface area (TPSA) is 15.3 Å². The number of benzene rings is 2. The zero-order valence-corrected chi connectivity index (χ0v) is 11.7. The van der Waals surface area contributed by atoms with Gasteiger partial charge in [-0.2, -0.15) is 0 Å². The van der Waals surface area contributed by atoms with Gasteiger partial charge in [-0.25, -0.2) is 8.78 Å². The maximum absolute atomic E-state index is 13.7. The lowest BCUT2D eigenvalue weighted by atomic mass is 10.0. The highest BCUT2D eigenvalue weighted by Crippen LogP contribution is 2.19. The van der Waals surface area contributed by atoms with Crippen molar-refractivity contribution in [1.82, 2.24) is 10.2 Å². The van der Waals surface area contributed by atoms with Crippen LogP contribution in [0, 0.1) is 11.6 Å². The molecule has 0 saturated carbocycles. The van der Waals surface area contributed by atoms with Crippen LogP contribution in [0.4, 0.5) is 8.78 Å². The molecule has 1 aliphatic rings. The van der Waals surface area contributed by atoms with E-state index >= 15 is 0 Å². The lowest BCUT2D eigenvalue weighted by Gasteiger charge is -2.34. The van der Waals surface area contributed by atoms with Crippen molar-refractivity contribution < 1.29 is 8.78 Å². The Balaban J connectivity index is 1.69. The third kappa shape index (κ3) is 3.46. The van der Waals surface area contributed by atoms with Gasteiger partial charge in [0.2, 0.25) is 0 Å². The quantitative estimate of drug-likeness (QED) is 0.933. The first-order valence-corrected chi connectivity index (χ1v) is 7.17. The standard InChI is InChI=1S/C17H18F2N2/c18-15-7-6-14(16(19)10-15)11-21-9-8-20-17(12-21)13-4-2-1-3-5-13/h1-7,10,17,20H,8-9,11-12H2. The minimum atomic E-state index is -0.529. The highest BCUT2D eigenvalue weighted by molar-refractivity contribution is 5.21. The fourth-order valence-electron chi connectivity index (χ4n) is 2.75. The average molecular weight is 288 g/mol. The smallest absolute Gasteiger partial charge is 0.130 e. The second kappa shape index (κ2) is 6.33. The van der Waals surface area contributed by atoms with E-state index in [1.165, 1.54) is 17.7 Å². The molecule has 2 aromatic carbocycles. The van der Waals surface area contributed by atoms with E-state index in [0.717, 1.165) is 25.7 Å². The van der Waals surface area contributed by atoms with Crippen LogP contribution in [0.2, 0.25) is 0 Å². The van der Waals surface area contributed by atoms with Crippen molar-refractivity contribution in [3.8, 4) is 0 Å². The van der Waals surface area contributed by atoms with Gasteiger partial charge in [-0.15, -0.1) is 0 Å². The second-order valence-electron chi connectivity index (χ2n) is 5.39. The van der Waals surface area contributed by atoms with E-state index in [1.807, 2.05) is 18.2 Å². The summed E-state index contributed by atoms with van der Waals surface area (Å²) >= 11 is 0. The van der Waals surface area contributed by atoms with Crippen molar-refractivity contribution in [3.63, 3.8) is 0 Å². The van der Waals surface area contributed by atoms with Gasteiger partial charge in [0.05, 0.1) is 0 Å². The molecule has 0 amide bonds. The fraction of sp³-hybridized carbons (Fsp3) is 0.294. The van der Waals surface area contributed by atoms with Crippen LogP contribution in [-0.2, 0) is 6.54 Å². The zero-order chi connectivity index (χ0) is 14.7. The van der Waals surface area contributed by atoms with E-state index in [1.54, 1.807) is 0 Å². The maximum atomic E-state index is 13.7. The molecule has 2 nitrogen and oxygen atoms in total. The lowest BCUT2D eigenvalue weighted by Crippen LogP contribution is -2.45. The summed E-state index contributed by atoms with van der Waals surface area (Å²) in [6.45, 7) is 3.06. The van der Waals surface area contributed by atoms with E-state index in [2.05, 4.69) is 22.3 Å². The summed E-state index contributed by atoms with van der Waals surface area (Å²) in [7, 11) is 0. The van der Waals surface area contributed by atoms with E-state index in [-0.39, 0.29) is 6.04 Å². The minimum absolute atomic E-state index is 0.253. The van der Waals surface area contributed by atoms with Gasteiger partial charge in [-0.3, -0.25) is 4.90 Å². The van der Waals surface area contributed by atoms with Crippen LogP contribution in [-0.4, -0.2) is 24.5 Å². The Morgan fingerprint density at radius 1 is 1.10 bits per heavy atom. The molecule has 4 heteroatoms. The largest absolute Gasteiger partial charge is 0.308 e. The van der Waals surface area contributed by atoms with Crippen LogP contribution in [0.3, 0.4) is 0 Å². The highest BCUT2D eigenvalue weighted by Gasteiger charge is 2.21. The van der Waals surface area contributed by atoms with Gasteiger partial charge < -0.3 is 5.32 Å². The van der Waals surface area contributed by atoms with Gasteiger partial charge in [0.15, 0.2) is 0 Å². The Morgan fingerprint density at radius 3 is 2.67 bits per heavy atom. The SMILES string of the molecule is Fc1ccc(CN2CCNC(c3ccccc3)C2)c(F)c1. The Hall–Kier alpha value is -1.78. The molecule has 1 aliphatic heterocycles. The van der Waals surface area contributed by atoms with Gasteiger partial charge in [0.25, 0.3) is 0 Å². The average Bonchev–Trinajstić information content (AvgIpc) is 2.51. The van der Waals surface area contributed by atoms with Gasteiger partial charge in [-0.1, -0.05) is 36.4 Å². The molecule has 1 N–H and O–H groups in total. The number of halogens is 2. The molecule has 0 bridgehead atoms. The van der Waals surface area contributed by atoms with Crippen LogP contribution in [0.25, 0.3) is 0 Å². The summed E-state index contributed by atoms with van der Waals surface area (Å²) < 4.78 is 26.7. The molecule has 1 heterocycles. The Bertz CT molecular complexity index is 601. The van der Waals surface area contributed by atoms with E-state index in [0.29, 0.717) is 12.1 Å².